The van der Waals surface area contributed by atoms with Gasteiger partial charge in [-0.15, -0.1) is 0 Å². The molecule has 0 unspecified atom stereocenters. The van der Waals surface area contributed by atoms with Gasteiger partial charge in [0.2, 0.25) is 0 Å². The molecular weight excluding hydrogens is 138 g/mol. The molecule has 1 aliphatic heterocycles. The largest absolute Gasteiger partial charge is 0.297 e. The van der Waals surface area contributed by atoms with E-state index in [0.717, 1.165) is 12.2 Å². The molecule has 1 aliphatic rings. The van der Waals surface area contributed by atoms with Crippen LogP contribution in [0.15, 0.2) is 6.07 Å². The molecule has 2 heterocycles. The van der Waals surface area contributed by atoms with Gasteiger partial charge in [0.1, 0.15) is 0 Å². The lowest BCUT2D eigenvalue weighted by Gasteiger charge is -2.29. The lowest BCUT2D eigenvalue weighted by molar-refractivity contribution is 0.170. The minimum absolute atomic E-state index is 1.02. The third kappa shape index (κ3) is 1.43. The van der Waals surface area contributed by atoms with Crippen LogP contribution >= 0.6 is 0 Å². The summed E-state index contributed by atoms with van der Waals surface area (Å²) in [6.45, 7) is 5.54. The summed E-state index contributed by atoms with van der Waals surface area (Å²) >= 11 is 0. The van der Waals surface area contributed by atoms with Crippen LogP contribution in [0.3, 0.4) is 0 Å². The number of aryl methyl sites for hydroxylation is 1. The average Bonchev–Trinajstić information content (AvgIpc) is 2.27. The number of H-pyrrole nitrogens is 1. The normalized spacial score (nSPS) is 18.3. The molecule has 0 bridgehead atoms. The van der Waals surface area contributed by atoms with E-state index in [1.807, 2.05) is 6.92 Å². The predicted octanol–water partition coefficient (Wildman–Crippen LogP) is 0.924. The first-order valence-corrected chi connectivity index (χ1v) is 4.08. The molecule has 0 aromatic carbocycles. The molecule has 1 fully saturated rings. The van der Waals surface area contributed by atoms with E-state index in [2.05, 4.69) is 21.2 Å². The molecule has 0 atom stereocenters. The van der Waals surface area contributed by atoms with E-state index in [1.54, 1.807) is 0 Å². The maximum atomic E-state index is 4.17. The fourth-order valence-electron chi connectivity index (χ4n) is 1.32. The fourth-order valence-corrected chi connectivity index (χ4v) is 1.32. The van der Waals surface area contributed by atoms with Crippen LogP contribution in [0.2, 0.25) is 0 Å². The van der Waals surface area contributed by atoms with Crippen molar-refractivity contribution in [2.24, 2.45) is 0 Å². The van der Waals surface area contributed by atoms with Crippen LogP contribution in [-0.2, 0) is 6.54 Å². The Morgan fingerprint density at radius 2 is 2.45 bits per heavy atom. The van der Waals surface area contributed by atoms with Crippen molar-refractivity contribution >= 4 is 0 Å². The van der Waals surface area contributed by atoms with Crippen molar-refractivity contribution in [2.45, 2.75) is 19.9 Å². The first kappa shape index (κ1) is 6.85. The zero-order valence-electron chi connectivity index (χ0n) is 6.80. The number of hydrogen-bond acceptors (Lipinski definition) is 2. The smallest absolute Gasteiger partial charge is 0.0765 e. The van der Waals surface area contributed by atoms with Gasteiger partial charge in [-0.2, -0.15) is 5.10 Å². The van der Waals surface area contributed by atoms with E-state index < -0.39 is 0 Å². The Bertz CT molecular complexity index is 237. The zero-order chi connectivity index (χ0) is 7.68. The second kappa shape index (κ2) is 2.66. The molecule has 3 heteroatoms. The van der Waals surface area contributed by atoms with Crippen LogP contribution in [0.1, 0.15) is 17.8 Å². The van der Waals surface area contributed by atoms with Gasteiger partial charge in [-0.1, -0.05) is 0 Å². The van der Waals surface area contributed by atoms with Crippen LogP contribution in [0.4, 0.5) is 0 Å². The average molecular weight is 151 g/mol. The molecule has 0 saturated carbocycles. The molecule has 60 valence electrons. The quantitative estimate of drug-likeness (QED) is 0.681. The highest BCUT2D eigenvalue weighted by molar-refractivity contribution is 5.06. The molecule has 0 spiro atoms. The number of rotatable bonds is 2. The number of nitrogens with one attached hydrogen (secondary N) is 1. The van der Waals surface area contributed by atoms with Gasteiger partial charge in [0.25, 0.3) is 0 Å². The van der Waals surface area contributed by atoms with Crippen molar-refractivity contribution in [3.05, 3.63) is 17.5 Å². The number of aromatic nitrogens is 2. The third-order valence-corrected chi connectivity index (χ3v) is 2.09. The van der Waals surface area contributed by atoms with Gasteiger partial charge in [-0.25, -0.2) is 0 Å². The lowest BCUT2D eigenvalue weighted by Crippen LogP contribution is -2.36. The maximum Gasteiger partial charge on any atom is 0.0765 e. The van der Waals surface area contributed by atoms with Gasteiger partial charge < -0.3 is 0 Å². The monoisotopic (exact) mass is 151 g/mol. The second-order valence-electron chi connectivity index (χ2n) is 3.17. The Labute approximate surface area is 66.4 Å². The summed E-state index contributed by atoms with van der Waals surface area (Å²) in [7, 11) is 0. The minimum atomic E-state index is 1.02. The summed E-state index contributed by atoms with van der Waals surface area (Å²) in [5.41, 5.74) is 2.32. The van der Waals surface area contributed by atoms with Crippen molar-refractivity contribution in [1.82, 2.24) is 15.1 Å². The van der Waals surface area contributed by atoms with Crippen LogP contribution in [0.5, 0.6) is 0 Å². The van der Waals surface area contributed by atoms with Crippen molar-refractivity contribution in [3.8, 4) is 0 Å². The van der Waals surface area contributed by atoms with Crippen LogP contribution in [-0.4, -0.2) is 28.2 Å². The lowest BCUT2D eigenvalue weighted by atomic mass is 10.2. The predicted molar refractivity (Wildman–Crippen MR) is 43.2 cm³/mol. The van der Waals surface area contributed by atoms with Gasteiger partial charge in [0, 0.05) is 12.2 Å². The molecule has 1 N–H and O–H groups in total. The number of hydrogen-bond donors (Lipinski definition) is 1. The van der Waals surface area contributed by atoms with Crippen LogP contribution in [0.25, 0.3) is 0 Å². The summed E-state index contributed by atoms with van der Waals surface area (Å²) < 4.78 is 0. The van der Waals surface area contributed by atoms with Gasteiger partial charge in [0.05, 0.1) is 5.69 Å². The number of aromatic amines is 1. The Hall–Kier alpha value is -0.830. The van der Waals surface area contributed by atoms with E-state index in [9.17, 15) is 0 Å². The van der Waals surface area contributed by atoms with E-state index in [1.165, 1.54) is 25.2 Å². The Morgan fingerprint density at radius 3 is 2.91 bits per heavy atom. The SMILES string of the molecule is Cc1cc(CN2CCC2)n[nH]1. The summed E-state index contributed by atoms with van der Waals surface area (Å²) in [5.74, 6) is 0. The van der Waals surface area contributed by atoms with Crippen molar-refractivity contribution in [3.63, 3.8) is 0 Å². The fraction of sp³-hybridized carbons (Fsp3) is 0.625. The highest BCUT2D eigenvalue weighted by Crippen LogP contribution is 2.10. The first-order chi connectivity index (χ1) is 5.34. The van der Waals surface area contributed by atoms with E-state index in [0.29, 0.717) is 0 Å². The van der Waals surface area contributed by atoms with Crippen LogP contribution in [0, 0.1) is 6.92 Å². The highest BCUT2D eigenvalue weighted by atomic mass is 15.2. The molecule has 1 saturated heterocycles. The molecule has 3 nitrogen and oxygen atoms in total. The molecule has 2 rings (SSSR count). The molecule has 0 aliphatic carbocycles. The Kier molecular flexibility index (Phi) is 1.66. The molecule has 11 heavy (non-hydrogen) atoms. The van der Waals surface area contributed by atoms with Crippen molar-refractivity contribution < 1.29 is 0 Å². The Morgan fingerprint density at radius 1 is 1.64 bits per heavy atom. The molecule has 1 aromatic rings. The number of nitrogens with zero attached hydrogens (tertiary/aromatic N) is 2. The molecule has 0 amide bonds. The summed E-state index contributed by atoms with van der Waals surface area (Å²) in [5, 5.41) is 7.12. The van der Waals surface area contributed by atoms with Gasteiger partial charge in [0.15, 0.2) is 0 Å². The third-order valence-electron chi connectivity index (χ3n) is 2.09. The number of likely N-dealkylation sites (tertiary alicyclic amines) is 1. The van der Waals surface area contributed by atoms with Crippen LogP contribution < -0.4 is 0 Å². The Balaban J connectivity index is 1.95. The second-order valence-corrected chi connectivity index (χ2v) is 3.17. The first-order valence-electron chi connectivity index (χ1n) is 4.08. The van der Waals surface area contributed by atoms with E-state index in [4.69, 9.17) is 0 Å². The highest BCUT2D eigenvalue weighted by Gasteiger charge is 2.14. The molecule has 1 aromatic heterocycles. The maximum absolute atomic E-state index is 4.17. The summed E-state index contributed by atoms with van der Waals surface area (Å²) in [4.78, 5) is 2.40. The minimum Gasteiger partial charge on any atom is -0.297 e. The topological polar surface area (TPSA) is 31.9 Å². The standard InChI is InChI=1S/C8H13N3/c1-7-5-8(10-9-7)6-11-3-2-4-11/h5H,2-4,6H2,1H3,(H,9,10). The summed E-state index contributed by atoms with van der Waals surface area (Å²) in [6.07, 6.45) is 1.35. The van der Waals surface area contributed by atoms with Gasteiger partial charge >= 0.3 is 0 Å². The van der Waals surface area contributed by atoms with Gasteiger partial charge in [-0.05, 0) is 32.5 Å². The molecule has 0 radical (unpaired) electrons. The molecular formula is C8H13N3. The summed E-state index contributed by atoms with van der Waals surface area (Å²) in [6, 6.07) is 2.11. The van der Waals surface area contributed by atoms with Crippen molar-refractivity contribution in [2.75, 3.05) is 13.1 Å². The van der Waals surface area contributed by atoms with E-state index >= 15 is 0 Å². The zero-order valence-corrected chi connectivity index (χ0v) is 6.80. The van der Waals surface area contributed by atoms with E-state index in [-0.39, 0.29) is 0 Å². The van der Waals surface area contributed by atoms with Crippen molar-refractivity contribution in [1.29, 1.82) is 0 Å². The van der Waals surface area contributed by atoms with Gasteiger partial charge in [-0.3, -0.25) is 10.00 Å².